The predicted octanol–water partition coefficient (Wildman–Crippen LogP) is 3.96. The Morgan fingerprint density at radius 2 is 1.69 bits per heavy atom. The van der Waals surface area contributed by atoms with Gasteiger partial charge < -0.3 is 19.7 Å². The standard InChI is InChI=1S/C25H22N2O7S/c1-15-13-27(24(32)26-20(15)33-22(30)16-9-5-3-6-10-16)21-18(28)19(29)25(2,34-21)14-35-23(31)17-11-7-4-8-12-17/h3-13,21,28-29H,14H2,1-2H3. The van der Waals surface area contributed by atoms with Crippen LogP contribution >= 0.6 is 11.8 Å². The van der Waals surface area contributed by atoms with Gasteiger partial charge in [-0.25, -0.2) is 9.59 Å². The first-order valence-corrected chi connectivity index (χ1v) is 11.6. The van der Waals surface area contributed by atoms with Crippen LogP contribution in [0.2, 0.25) is 0 Å². The fourth-order valence-corrected chi connectivity index (χ4v) is 4.36. The van der Waals surface area contributed by atoms with E-state index in [0.717, 1.165) is 16.3 Å². The largest absolute Gasteiger partial charge is 0.506 e. The maximum Gasteiger partial charge on any atom is 0.353 e. The predicted molar refractivity (Wildman–Crippen MR) is 129 cm³/mol. The van der Waals surface area contributed by atoms with Crippen molar-refractivity contribution in [1.82, 2.24) is 9.55 Å². The number of carbonyl (C=O) groups is 2. The number of ether oxygens (including phenoxy) is 2. The molecule has 35 heavy (non-hydrogen) atoms. The van der Waals surface area contributed by atoms with Crippen LogP contribution in [0.5, 0.6) is 5.88 Å². The van der Waals surface area contributed by atoms with Gasteiger partial charge >= 0.3 is 11.7 Å². The summed E-state index contributed by atoms with van der Waals surface area (Å²) in [4.78, 5) is 41.3. The van der Waals surface area contributed by atoms with E-state index in [9.17, 15) is 24.6 Å². The van der Waals surface area contributed by atoms with Gasteiger partial charge in [0.15, 0.2) is 11.5 Å². The van der Waals surface area contributed by atoms with Gasteiger partial charge in [0, 0.05) is 23.1 Å². The zero-order valence-corrected chi connectivity index (χ0v) is 19.7. The second-order valence-corrected chi connectivity index (χ2v) is 9.00. The van der Waals surface area contributed by atoms with Crippen LogP contribution < -0.4 is 10.4 Å². The minimum atomic E-state index is -1.43. The van der Waals surface area contributed by atoms with Gasteiger partial charge in [0.25, 0.3) is 0 Å². The summed E-state index contributed by atoms with van der Waals surface area (Å²) in [6.07, 6.45) is -0.0597. The van der Waals surface area contributed by atoms with E-state index in [2.05, 4.69) is 4.98 Å². The zero-order valence-electron chi connectivity index (χ0n) is 18.9. The normalized spacial score (nSPS) is 19.5. The van der Waals surface area contributed by atoms with Gasteiger partial charge in [0.1, 0.15) is 5.60 Å². The summed E-state index contributed by atoms with van der Waals surface area (Å²) in [5.74, 6) is -1.93. The highest BCUT2D eigenvalue weighted by molar-refractivity contribution is 8.14. The Bertz CT molecular complexity index is 1360. The summed E-state index contributed by atoms with van der Waals surface area (Å²) in [6, 6.07) is 16.9. The van der Waals surface area contributed by atoms with Crippen molar-refractivity contribution in [2.75, 3.05) is 5.75 Å². The molecule has 2 heterocycles. The van der Waals surface area contributed by atoms with Gasteiger partial charge in [-0.1, -0.05) is 60.3 Å². The van der Waals surface area contributed by atoms with Gasteiger partial charge in [0.05, 0.1) is 5.56 Å². The molecule has 0 aliphatic carbocycles. The molecule has 1 aliphatic rings. The molecule has 0 radical (unpaired) electrons. The SMILES string of the molecule is Cc1cn(C2OC(C)(CSC(=O)c3ccccc3)C(O)=C2O)c(=O)nc1OC(=O)c1ccccc1. The van der Waals surface area contributed by atoms with Gasteiger partial charge in [-0.15, -0.1) is 0 Å². The number of aryl methyl sites for hydroxylation is 1. The van der Waals surface area contributed by atoms with Crippen molar-refractivity contribution in [1.29, 1.82) is 0 Å². The minimum Gasteiger partial charge on any atom is -0.506 e. The monoisotopic (exact) mass is 494 g/mol. The Kier molecular flexibility index (Phi) is 6.77. The van der Waals surface area contributed by atoms with Crippen molar-refractivity contribution >= 4 is 22.8 Å². The molecule has 1 aliphatic heterocycles. The van der Waals surface area contributed by atoms with Crippen molar-refractivity contribution in [3.63, 3.8) is 0 Å². The molecule has 180 valence electrons. The topological polar surface area (TPSA) is 128 Å². The Hall–Kier alpha value is -3.89. The number of aromatic nitrogens is 2. The maximum absolute atomic E-state index is 12.7. The number of benzene rings is 2. The molecule has 0 bridgehead atoms. The fraction of sp³-hybridized carbons (Fsp3) is 0.200. The van der Waals surface area contributed by atoms with Crippen LogP contribution in [0.4, 0.5) is 0 Å². The average molecular weight is 495 g/mol. The van der Waals surface area contributed by atoms with Gasteiger partial charge in [-0.2, -0.15) is 4.98 Å². The van der Waals surface area contributed by atoms with E-state index in [-0.39, 0.29) is 16.7 Å². The molecule has 2 N–H and O–H groups in total. The number of aliphatic hydroxyl groups is 2. The lowest BCUT2D eigenvalue weighted by atomic mass is 10.1. The summed E-state index contributed by atoms with van der Waals surface area (Å²) in [5.41, 5.74) is -1.20. The third kappa shape index (κ3) is 4.98. The van der Waals surface area contributed by atoms with E-state index in [1.807, 2.05) is 0 Å². The van der Waals surface area contributed by atoms with Gasteiger partial charge in [0.2, 0.25) is 17.2 Å². The zero-order chi connectivity index (χ0) is 25.2. The van der Waals surface area contributed by atoms with Crippen LogP contribution in [0.25, 0.3) is 0 Å². The lowest BCUT2D eigenvalue weighted by Gasteiger charge is -2.25. The number of rotatable bonds is 6. The summed E-state index contributed by atoms with van der Waals surface area (Å²) >= 11 is 0.913. The molecule has 0 fully saturated rings. The van der Waals surface area contributed by atoms with Crippen molar-refractivity contribution in [3.8, 4) is 5.88 Å². The number of carbonyl (C=O) groups excluding carboxylic acids is 2. The lowest BCUT2D eigenvalue weighted by Crippen LogP contribution is -2.35. The fourth-order valence-electron chi connectivity index (χ4n) is 3.44. The number of esters is 1. The Morgan fingerprint density at radius 1 is 1.09 bits per heavy atom. The molecular formula is C25H22N2O7S. The second-order valence-electron chi connectivity index (χ2n) is 8.05. The third-order valence-corrected chi connectivity index (χ3v) is 6.57. The number of thioether (sulfide) groups is 1. The summed E-state index contributed by atoms with van der Waals surface area (Å²) in [7, 11) is 0. The molecule has 2 aromatic carbocycles. The average Bonchev–Trinajstić information content (AvgIpc) is 3.10. The van der Waals surface area contributed by atoms with E-state index < -0.39 is 35.0 Å². The van der Waals surface area contributed by atoms with Crippen LogP contribution in [0.3, 0.4) is 0 Å². The molecule has 10 heteroatoms. The third-order valence-electron chi connectivity index (χ3n) is 5.38. The van der Waals surface area contributed by atoms with Crippen LogP contribution in [-0.4, -0.2) is 42.2 Å². The molecular weight excluding hydrogens is 472 g/mol. The van der Waals surface area contributed by atoms with Crippen LogP contribution in [0.1, 0.15) is 39.4 Å². The Morgan fingerprint density at radius 3 is 2.31 bits per heavy atom. The number of nitrogens with zero attached hydrogens (tertiary/aromatic N) is 2. The van der Waals surface area contributed by atoms with Crippen molar-refractivity contribution in [2.24, 2.45) is 0 Å². The molecule has 1 aromatic heterocycles. The first-order chi connectivity index (χ1) is 16.7. The molecule has 0 amide bonds. The first kappa shape index (κ1) is 24.2. The first-order valence-electron chi connectivity index (χ1n) is 10.6. The molecule has 9 nitrogen and oxygen atoms in total. The van der Waals surface area contributed by atoms with Crippen LogP contribution in [-0.2, 0) is 4.74 Å². The number of hydrogen-bond acceptors (Lipinski definition) is 9. The smallest absolute Gasteiger partial charge is 0.353 e. The van der Waals surface area contributed by atoms with E-state index in [4.69, 9.17) is 9.47 Å². The Labute approximate surface area is 204 Å². The van der Waals surface area contributed by atoms with Crippen molar-refractivity contribution < 1.29 is 29.3 Å². The summed E-state index contributed by atoms with van der Waals surface area (Å²) < 4.78 is 12.1. The Balaban J connectivity index is 1.52. The maximum atomic E-state index is 12.7. The molecule has 0 spiro atoms. The van der Waals surface area contributed by atoms with Gasteiger partial charge in [-0.3, -0.25) is 9.36 Å². The highest BCUT2D eigenvalue weighted by atomic mass is 32.2. The van der Waals surface area contributed by atoms with Crippen molar-refractivity contribution in [2.45, 2.75) is 25.7 Å². The van der Waals surface area contributed by atoms with E-state index in [0.29, 0.717) is 16.7 Å². The van der Waals surface area contributed by atoms with E-state index in [1.54, 1.807) is 67.6 Å². The molecule has 3 aromatic rings. The molecule has 4 rings (SSSR count). The van der Waals surface area contributed by atoms with Crippen LogP contribution in [0, 0.1) is 6.92 Å². The highest BCUT2D eigenvalue weighted by Crippen LogP contribution is 2.40. The minimum absolute atomic E-state index is 0.0128. The molecule has 2 atom stereocenters. The summed E-state index contributed by atoms with van der Waals surface area (Å²) in [5, 5.41) is 20.9. The molecule has 2 unspecified atom stereocenters. The summed E-state index contributed by atoms with van der Waals surface area (Å²) in [6.45, 7) is 3.07. The van der Waals surface area contributed by atoms with Crippen molar-refractivity contribution in [3.05, 3.63) is 106 Å². The molecule has 0 saturated heterocycles. The quantitative estimate of drug-likeness (QED) is 0.489. The number of aliphatic hydroxyl groups excluding tert-OH is 2. The van der Waals surface area contributed by atoms with E-state index >= 15 is 0 Å². The highest BCUT2D eigenvalue weighted by Gasteiger charge is 2.46. The number of hydrogen-bond donors (Lipinski definition) is 2. The molecule has 0 saturated carbocycles. The second kappa shape index (κ2) is 9.77. The lowest BCUT2D eigenvalue weighted by molar-refractivity contribution is -0.0616. The van der Waals surface area contributed by atoms with Crippen LogP contribution in [0.15, 0.2) is 83.2 Å². The van der Waals surface area contributed by atoms with E-state index in [1.165, 1.54) is 13.1 Å². The van der Waals surface area contributed by atoms with Gasteiger partial charge in [-0.05, 0) is 26.0 Å².